The van der Waals surface area contributed by atoms with E-state index in [-0.39, 0.29) is 12.1 Å². The molecule has 0 spiro atoms. The van der Waals surface area contributed by atoms with Gasteiger partial charge >= 0.3 is 5.97 Å². The highest BCUT2D eigenvalue weighted by molar-refractivity contribution is 5.87. The van der Waals surface area contributed by atoms with Crippen molar-refractivity contribution in [3.05, 3.63) is 48.2 Å². The van der Waals surface area contributed by atoms with Crippen LogP contribution < -0.4 is 5.32 Å². The fraction of sp³-hybridized carbons (Fsp3) is 0.333. The number of methoxy groups -OCH3 is 1. The molecule has 0 aliphatic rings. The van der Waals surface area contributed by atoms with Gasteiger partial charge in [-0.1, -0.05) is 25.1 Å². The minimum atomic E-state index is -1.06. The number of nitrogens with one attached hydrogen (secondary N) is 1. The van der Waals surface area contributed by atoms with Gasteiger partial charge in [-0.15, -0.1) is 0 Å². The molecule has 9 heteroatoms. The molecule has 2 N–H and O–H groups in total. The Balaban J connectivity index is 1.88. The van der Waals surface area contributed by atoms with Crippen LogP contribution in [0.4, 0.5) is 10.2 Å². The van der Waals surface area contributed by atoms with E-state index in [2.05, 4.69) is 25.1 Å². The Kier molecular flexibility index (Phi) is 5.60. The van der Waals surface area contributed by atoms with Gasteiger partial charge in [0.05, 0.1) is 24.7 Å². The summed E-state index contributed by atoms with van der Waals surface area (Å²) >= 11 is 0. The molecule has 0 radical (unpaired) electrons. The van der Waals surface area contributed by atoms with Gasteiger partial charge in [-0.25, -0.2) is 19.0 Å². The molecule has 2 heterocycles. The van der Waals surface area contributed by atoms with Crippen LogP contribution in [0.3, 0.4) is 0 Å². The normalized spacial score (nSPS) is 13.3. The van der Waals surface area contributed by atoms with Crippen LogP contribution in [0.2, 0.25) is 0 Å². The van der Waals surface area contributed by atoms with E-state index in [0.717, 1.165) is 0 Å². The summed E-state index contributed by atoms with van der Waals surface area (Å²) in [7, 11) is 1.30. The molecule has 3 aromatic rings. The van der Waals surface area contributed by atoms with Gasteiger partial charge in [0, 0.05) is 5.56 Å². The highest BCUT2D eigenvalue weighted by Gasteiger charge is 2.23. The van der Waals surface area contributed by atoms with Crippen molar-refractivity contribution in [1.29, 1.82) is 0 Å². The standard InChI is InChI=1S/C18H20FN5O3/c1-3-14(16(26)11-6-4-5-7-13(11)19)23-17-12-8-22-24(9-15(25)27-2)18(12)21-10-20-17/h4-8,10,14,16,26H,3,9H2,1-2H3,(H,20,21,23)/t14-,16-/m0/s1. The van der Waals surface area contributed by atoms with Crippen molar-refractivity contribution in [2.24, 2.45) is 0 Å². The Bertz CT molecular complexity index is 946. The monoisotopic (exact) mass is 373 g/mol. The Morgan fingerprint density at radius 1 is 1.37 bits per heavy atom. The summed E-state index contributed by atoms with van der Waals surface area (Å²) in [6.45, 7) is 1.80. The van der Waals surface area contributed by atoms with Gasteiger partial charge in [-0.05, 0) is 12.5 Å². The smallest absolute Gasteiger partial charge is 0.327 e. The maximum absolute atomic E-state index is 14.0. The summed E-state index contributed by atoms with van der Waals surface area (Å²) in [5.41, 5.74) is 0.664. The first-order chi connectivity index (χ1) is 13.0. The summed E-state index contributed by atoms with van der Waals surface area (Å²) in [5.74, 6) is -0.475. The number of fused-ring (bicyclic) bond motifs is 1. The van der Waals surface area contributed by atoms with Crippen LogP contribution in [-0.2, 0) is 16.1 Å². The molecule has 0 unspecified atom stereocenters. The van der Waals surface area contributed by atoms with E-state index in [1.165, 1.54) is 30.4 Å². The van der Waals surface area contributed by atoms with Gasteiger partial charge in [0.1, 0.15) is 30.6 Å². The third-order valence-corrected chi connectivity index (χ3v) is 4.31. The highest BCUT2D eigenvalue weighted by atomic mass is 19.1. The lowest BCUT2D eigenvalue weighted by Crippen LogP contribution is -2.28. The zero-order valence-electron chi connectivity index (χ0n) is 15.0. The highest BCUT2D eigenvalue weighted by Crippen LogP contribution is 2.26. The molecule has 0 aliphatic heterocycles. The Labute approximate surface area is 155 Å². The Morgan fingerprint density at radius 2 is 2.15 bits per heavy atom. The molecule has 0 saturated heterocycles. The molecule has 0 amide bonds. The number of esters is 1. The number of hydrogen-bond donors (Lipinski definition) is 2. The van der Waals surface area contributed by atoms with Crippen LogP contribution in [0, 0.1) is 5.82 Å². The van der Waals surface area contributed by atoms with Crippen molar-refractivity contribution in [3.8, 4) is 0 Å². The number of aliphatic hydroxyl groups is 1. The van der Waals surface area contributed by atoms with Gasteiger partial charge in [0.25, 0.3) is 0 Å². The van der Waals surface area contributed by atoms with Gasteiger partial charge in [-0.2, -0.15) is 5.10 Å². The lowest BCUT2D eigenvalue weighted by atomic mass is 9.99. The van der Waals surface area contributed by atoms with E-state index in [0.29, 0.717) is 23.3 Å². The van der Waals surface area contributed by atoms with Crippen molar-refractivity contribution < 1.29 is 19.0 Å². The molecule has 0 bridgehead atoms. The molecule has 0 saturated carbocycles. The number of carbonyl (C=O) groups excluding carboxylic acids is 1. The first kappa shape index (κ1) is 18.7. The number of benzene rings is 1. The largest absolute Gasteiger partial charge is 0.468 e. The second-order valence-corrected chi connectivity index (χ2v) is 5.96. The van der Waals surface area contributed by atoms with E-state index in [4.69, 9.17) is 0 Å². The Hall–Kier alpha value is -3.07. The molecule has 142 valence electrons. The average molecular weight is 373 g/mol. The molecule has 1 aromatic carbocycles. The van der Waals surface area contributed by atoms with Gasteiger partial charge in [-0.3, -0.25) is 4.79 Å². The number of aromatic nitrogens is 4. The number of nitrogens with zero attached hydrogens (tertiary/aromatic N) is 4. The Morgan fingerprint density at radius 3 is 2.85 bits per heavy atom. The fourth-order valence-corrected chi connectivity index (χ4v) is 2.82. The third-order valence-electron chi connectivity index (χ3n) is 4.31. The van der Waals surface area contributed by atoms with E-state index in [1.54, 1.807) is 18.2 Å². The molecule has 27 heavy (non-hydrogen) atoms. The summed E-state index contributed by atoms with van der Waals surface area (Å²) in [4.78, 5) is 19.9. The number of rotatable bonds is 7. The van der Waals surface area contributed by atoms with E-state index >= 15 is 0 Å². The lowest BCUT2D eigenvalue weighted by Gasteiger charge is -2.24. The maximum atomic E-state index is 14.0. The van der Waals surface area contributed by atoms with Gasteiger partial charge < -0.3 is 15.2 Å². The van der Waals surface area contributed by atoms with Crippen LogP contribution in [0.15, 0.2) is 36.8 Å². The van der Waals surface area contributed by atoms with E-state index in [9.17, 15) is 14.3 Å². The molecule has 0 fully saturated rings. The van der Waals surface area contributed by atoms with E-state index in [1.807, 2.05) is 6.92 Å². The number of anilines is 1. The molecular formula is C18H20FN5O3. The average Bonchev–Trinajstić information content (AvgIpc) is 3.09. The number of hydrogen-bond acceptors (Lipinski definition) is 7. The zero-order chi connectivity index (χ0) is 19.4. The third kappa shape index (κ3) is 3.87. The zero-order valence-corrected chi connectivity index (χ0v) is 15.0. The first-order valence-corrected chi connectivity index (χ1v) is 8.47. The quantitative estimate of drug-likeness (QED) is 0.611. The summed E-state index contributed by atoms with van der Waals surface area (Å²) in [6.07, 6.45) is 2.33. The predicted molar refractivity (Wildman–Crippen MR) is 96.4 cm³/mol. The molecule has 8 nitrogen and oxygen atoms in total. The number of halogens is 1. The van der Waals surface area contributed by atoms with Crippen LogP contribution in [-0.4, -0.2) is 44.0 Å². The topological polar surface area (TPSA) is 102 Å². The van der Waals surface area contributed by atoms with Gasteiger partial charge in [0.15, 0.2) is 5.65 Å². The predicted octanol–water partition coefficient (Wildman–Crippen LogP) is 2.06. The van der Waals surface area contributed by atoms with Crippen molar-refractivity contribution in [1.82, 2.24) is 19.7 Å². The van der Waals surface area contributed by atoms with Crippen LogP contribution in [0.1, 0.15) is 25.0 Å². The maximum Gasteiger partial charge on any atom is 0.327 e. The van der Waals surface area contributed by atoms with Crippen LogP contribution in [0.25, 0.3) is 11.0 Å². The van der Waals surface area contributed by atoms with Crippen molar-refractivity contribution in [2.75, 3.05) is 12.4 Å². The lowest BCUT2D eigenvalue weighted by molar-refractivity contribution is -0.141. The van der Waals surface area contributed by atoms with Crippen molar-refractivity contribution >= 4 is 22.8 Å². The van der Waals surface area contributed by atoms with E-state index < -0.39 is 23.9 Å². The van der Waals surface area contributed by atoms with Crippen LogP contribution in [0.5, 0.6) is 0 Å². The van der Waals surface area contributed by atoms with Gasteiger partial charge in [0.2, 0.25) is 0 Å². The number of carbonyl (C=O) groups is 1. The second kappa shape index (κ2) is 8.09. The molecular weight excluding hydrogens is 353 g/mol. The number of aliphatic hydroxyl groups excluding tert-OH is 1. The molecule has 3 rings (SSSR count). The molecule has 0 aliphatic carbocycles. The summed E-state index contributed by atoms with van der Waals surface area (Å²) in [5, 5.41) is 18.5. The summed E-state index contributed by atoms with van der Waals surface area (Å²) < 4.78 is 20.1. The molecule has 2 aromatic heterocycles. The van der Waals surface area contributed by atoms with Crippen molar-refractivity contribution in [2.45, 2.75) is 32.0 Å². The molecule has 2 atom stereocenters. The van der Waals surface area contributed by atoms with Crippen molar-refractivity contribution in [3.63, 3.8) is 0 Å². The fourth-order valence-electron chi connectivity index (χ4n) is 2.82. The second-order valence-electron chi connectivity index (χ2n) is 5.96. The minimum absolute atomic E-state index is 0.0779. The first-order valence-electron chi connectivity index (χ1n) is 8.47. The minimum Gasteiger partial charge on any atom is -0.468 e. The SMILES string of the molecule is CC[C@H](Nc1ncnc2c1cnn2CC(=O)OC)[C@@H](O)c1ccccc1F. The van der Waals surface area contributed by atoms with Crippen LogP contribution >= 0.6 is 0 Å². The number of ether oxygens (including phenoxy) is 1. The summed E-state index contributed by atoms with van der Waals surface area (Å²) in [6, 6.07) is 5.63.